The minimum Gasteiger partial charge on any atom is -0.303 e. The third kappa shape index (κ3) is 9.42. The third-order valence-electron chi connectivity index (χ3n) is 12.0. The van der Waals surface area contributed by atoms with Crippen molar-refractivity contribution in [3.05, 3.63) is 130 Å². The zero-order chi connectivity index (χ0) is 34.0. The molecule has 7 rings (SSSR count). The van der Waals surface area contributed by atoms with Crippen LogP contribution in [0.5, 0.6) is 0 Å². The van der Waals surface area contributed by atoms with Crippen molar-refractivity contribution in [2.24, 2.45) is 11.8 Å². The summed E-state index contributed by atoms with van der Waals surface area (Å²) in [6.07, 6.45) is 17.4. The van der Waals surface area contributed by atoms with E-state index in [1.807, 2.05) is 0 Å². The van der Waals surface area contributed by atoms with Gasteiger partial charge >= 0.3 is 0 Å². The molecule has 0 saturated carbocycles. The molecule has 0 spiro atoms. The van der Waals surface area contributed by atoms with Gasteiger partial charge in [0.1, 0.15) is 0 Å². The number of aryl methyl sites for hydroxylation is 2. The molecule has 4 aromatic rings. The molecular formula is C47H58N2O. The van der Waals surface area contributed by atoms with E-state index in [2.05, 4.69) is 107 Å². The van der Waals surface area contributed by atoms with Crippen LogP contribution in [-0.2, 0) is 25.7 Å². The van der Waals surface area contributed by atoms with Crippen LogP contribution in [-0.4, -0.2) is 54.9 Å². The molecule has 0 radical (unpaired) electrons. The number of carbonyl (C=O) groups is 1. The summed E-state index contributed by atoms with van der Waals surface area (Å²) in [6.45, 7) is 7.47. The first kappa shape index (κ1) is 34.9. The molecule has 3 nitrogen and oxygen atoms in total. The van der Waals surface area contributed by atoms with Crippen LogP contribution in [0.3, 0.4) is 0 Å². The normalized spacial score (nSPS) is 17.2. The predicted octanol–water partition coefficient (Wildman–Crippen LogP) is 10.2. The molecule has 3 aliphatic rings. The summed E-state index contributed by atoms with van der Waals surface area (Å²) >= 11 is 0. The van der Waals surface area contributed by atoms with Crippen molar-refractivity contribution in [1.82, 2.24) is 9.80 Å². The van der Waals surface area contributed by atoms with E-state index in [0.29, 0.717) is 0 Å². The van der Waals surface area contributed by atoms with Crippen molar-refractivity contribution < 1.29 is 4.79 Å². The van der Waals surface area contributed by atoms with Crippen LogP contribution in [0.4, 0.5) is 0 Å². The second-order valence-electron chi connectivity index (χ2n) is 15.7. The van der Waals surface area contributed by atoms with E-state index in [-0.39, 0.29) is 5.78 Å². The monoisotopic (exact) mass is 666 g/mol. The van der Waals surface area contributed by atoms with Gasteiger partial charge in [0.15, 0.2) is 5.78 Å². The average Bonchev–Trinajstić information content (AvgIpc) is 3.43. The Morgan fingerprint density at radius 3 is 1.28 bits per heavy atom. The Kier molecular flexibility index (Phi) is 12.3. The smallest absolute Gasteiger partial charge is 0.194 e. The van der Waals surface area contributed by atoms with Gasteiger partial charge in [-0.25, -0.2) is 0 Å². The molecule has 2 saturated heterocycles. The van der Waals surface area contributed by atoms with Gasteiger partial charge in [-0.3, -0.25) is 4.79 Å². The van der Waals surface area contributed by atoms with Crippen LogP contribution in [0, 0.1) is 11.8 Å². The number of fused-ring (bicyclic) bond motifs is 3. The molecule has 2 fully saturated rings. The number of likely N-dealkylation sites (tertiary alicyclic amines) is 2. The van der Waals surface area contributed by atoms with Crippen molar-refractivity contribution in [2.75, 3.05) is 39.3 Å². The van der Waals surface area contributed by atoms with Gasteiger partial charge < -0.3 is 9.80 Å². The van der Waals surface area contributed by atoms with Gasteiger partial charge in [0.2, 0.25) is 0 Å². The van der Waals surface area contributed by atoms with E-state index < -0.39 is 0 Å². The third-order valence-corrected chi connectivity index (χ3v) is 12.0. The number of hydrogen-bond donors (Lipinski definition) is 0. The lowest BCUT2D eigenvalue weighted by Crippen LogP contribution is -2.35. The number of hydrogen-bond acceptors (Lipinski definition) is 3. The first-order valence-corrected chi connectivity index (χ1v) is 20.0. The van der Waals surface area contributed by atoms with Crippen molar-refractivity contribution in [1.29, 1.82) is 0 Å². The van der Waals surface area contributed by atoms with Crippen molar-refractivity contribution in [2.45, 2.75) is 89.9 Å². The summed E-state index contributed by atoms with van der Waals surface area (Å²) in [5, 5.41) is 0. The van der Waals surface area contributed by atoms with E-state index >= 15 is 0 Å². The average molecular weight is 667 g/mol. The summed E-state index contributed by atoms with van der Waals surface area (Å²) in [5.74, 6) is 1.91. The van der Waals surface area contributed by atoms with Gasteiger partial charge in [-0.2, -0.15) is 0 Å². The number of ketones is 1. The fraction of sp³-hybridized carbons (Fsp3) is 0.468. The molecule has 0 amide bonds. The minimum absolute atomic E-state index is 0.227. The van der Waals surface area contributed by atoms with E-state index in [1.165, 1.54) is 139 Å². The van der Waals surface area contributed by atoms with Crippen LogP contribution in [0.1, 0.15) is 102 Å². The van der Waals surface area contributed by atoms with E-state index in [4.69, 9.17) is 0 Å². The van der Waals surface area contributed by atoms with Gasteiger partial charge in [0.25, 0.3) is 0 Å². The summed E-state index contributed by atoms with van der Waals surface area (Å²) in [4.78, 5) is 18.9. The Morgan fingerprint density at radius 2 is 0.860 bits per heavy atom. The molecule has 2 aliphatic heterocycles. The molecule has 0 atom stereocenters. The molecule has 0 N–H and O–H groups in total. The number of piperidine rings is 2. The van der Waals surface area contributed by atoms with Gasteiger partial charge in [0, 0.05) is 11.1 Å². The summed E-state index contributed by atoms with van der Waals surface area (Å²) in [7, 11) is 0. The number of nitrogens with zero attached hydrogens (tertiary/aromatic N) is 2. The van der Waals surface area contributed by atoms with Crippen molar-refractivity contribution in [3.63, 3.8) is 0 Å². The topological polar surface area (TPSA) is 23.6 Å². The molecule has 2 heterocycles. The maximum atomic E-state index is 13.5. The molecule has 50 heavy (non-hydrogen) atoms. The first-order chi connectivity index (χ1) is 24.7. The van der Waals surface area contributed by atoms with Crippen molar-refractivity contribution >= 4 is 5.78 Å². The first-order valence-electron chi connectivity index (χ1n) is 20.0. The molecule has 0 unspecified atom stereocenters. The number of benzene rings is 4. The van der Waals surface area contributed by atoms with E-state index in [0.717, 1.165) is 46.9 Å². The molecule has 3 heteroatoms. The van der Waals surface area contributed by atoms with Gasteiger partial charge in [0.05, 0.1) is 0 Å². The SMILES string of the molecule is O=C1c2cc(CCCCCN3CCC(Cc4ccccc4)CC3)ccc2-c2ccc(CCCCCN3CCC(Cc4ccccc4)CC3)cc21. The lowest BCUT2D eigenvalue weighted by Gasteiger charge is -2.32. The summed E-state index contributed by atoms with van der Waals surface area (Å²) in [6, 6.07) is 35.3. The van der Waals surface area contributed by atoms with Crippen LogP contribution in [0.2, 0.25) is 0 Å². The number of carbonyl (C=O) groups excluding carboxylic acids is 1. The van der Waals surface area contributed by atoms with Crippen LogP contribution < -0.4 is 0 Å². The second-order valence-corrected chi connectivity index (χ2v) is 15.7. The Bertz CT molecular complexity index is 1520. The Morgan fingerprint density at radius 1 is 0.440 bits per heavy atom. The highest BCUT2D eigenvalue weighted by Gasteiger charge is 2.27. The largest absolute Gasteiger partial charge is 0.303 e. The highest BCUT2D eigenvalue weighted by molar-refractivity contribution is 6.21. The number of unbranched alkanes of at least 4 members (excludes halogenated alkanes) is 4. The highest BCUT2D eigenvalue weighted by Crippen LogP contribution is 2.38. The van der Waals surface area contributed by atoms with Gasteiger partial charge in [-0.1, -0.05) is 97.8 Å². The predicted molar refractivity (Wildman–Crippen MR) is 209 cm³/mol. The molecular weight excluding hydrogens is 609 g/mol. The lowest BCUT2D eigenvalue weighted by molar-refractivity contribution is 0.104. The van der Waals surface area contributed by atoms with E-state index in [1.54, 1.807) is 0 Å². The maximum Gasteiger partial charge on any atom is 0.194 e. The second kappa shape index (κ2) is 17.6. The minimum atomic E-state index is 0.227. The Labute approximate surface area is 302 Å². The Hall–Kier alpha value is -3.53. The fourth-order valence-corrected chi connectivity index (χ4v) is 8.89. The van der Waals surface area contributed by atoms with E-state index in [9.17, 15) is 4.79 Å². The zero-order valence-corrected chi connectivity index (χ0v) is 30.3. The highest BCUT2D eigenvalue weighted by atomic mass is 16.1. The fourth-order valence-electron chi connectivity index (χ4n) is 8.89. The maximum absolute atomic E-state index is 13.5. The van der Waals surface area contributed by atoms with Crippen LogP contribution >= 0.6 is 0 Å². The van der Waals surface area contributed by atoms with Gasteiger partial charge in [-0.05, 0) is 174 Å². The standard InChI is InChI=1S/C47H58N2O/c50-47-45-35-39(17-9-3-11-27-48-29-23-41(24-30-48)33-37-13-5-1-6-14-37)19-21-43(45)44-22-20-40(36-46(44)47)18-10-4-12-28-49-31-25-42(26-32-49)34-38-15-7-2-8-16-38/h1-2,5-8,13-16,19-22,35-36,41-42H,3-4,9-12,17-18,23-34H2. The van der Waals surface area contributed by atoms with Gasteiger partial charge in [-0.15, -0.1) is 0 Å². The molecule has 1 aliphatic carbocycles. The quantitative estimate of drug-likeness (QED) is 0.0980. The summed E-state index contributed by atoms with van der Waals surface area (Å²) in [5.41, 5.74) is 9.70. The number of rotatable bonds is 16. The molecule has 262 valence electrons. The summed E-state index contributed by atoms with van der Waals surface area (Å²) < 4.78 is 0. The molecule has 0 aromatic heterocycles. The molecule has 0 bridgehead atoms. The van der Waals surface area contributed by atoms with Crippen LogP contribution in [0.25, 0.3) is 11.1 Å². The lowest BCUT2D eigenvalue weighted by atomic mass is 9.90. The molecule has 4 aromatic carbocycles. The van der Waals surface area contributed by atoms with Crippen molar-refractivity contribution in [3.8, 4) is 11.1 Å². The van der Waals surface area contributed by atoms with Crippen LogP contribution in [0.15, 0.2) is 97.1 Å². The Balaban J connectivity index is 0.777. The zero-order valence-electron chi connectivity index (χ0n) is 30.3.